The van der Waals surface area contributed by atoms with Crippen LogP contribution < -0.4 is 28.6 Å². The van der Waals surface area contributed by atoms with Gasteiger partial charge in [-0.3, -0.25) is 0 Å². The maximum atomic E-state index is 11.2. The Kier molecular flexibility index (Phi) is 3.89. The normalized spacial score (nSPS) is 16.4. The van der Waals surface area contributed by atoms with Gasteiger partial charge in [-0.05, 0) is 17.5 Å². The molecule has 3 aromatic rings. The van der Waals surface area contributed by atoms with E-state index in [-0.39, 0.29) is 6.79 Å². The summed E-state index contributed by atoms with van der Waals surface area (Å²) in [5.74, 6) is 3.03. The third-order valence-electron chi connectivity index (χ3n) is 5.63. The lowest BCUT2D eigenvalue weighted by atomic mass is 9.88. The molecule has 29 heavy (non-hydrogen) atoms. The van der Waals surface area contributed by atoms with Gasteiger partial charge in [-0.25, -0.2) is 0 Å². The molecular formula is C22H21NO6. The maximum Gasteiger partial charge on any atom is 0.231 e. The number of hydrogen-bond acceptors (Lipinski definition) is 7. The first-order valence-electron chi connectivity index (χ1n) is 9.19. The van der Waals surface area contributed by atoms with Gasteiger partial charge in [0.15, 0.2) is 29.2 Å². The highest BCUT2D eigenvalue weighted by molar-refractivity contribution is 6.06. The number of anilines is 1. The predicted octanol–water partition coefficient (Wildman–Crippen LogP) is 3.70. The Bertz CT molecular complexity index is 1140. The van der Waals surface area contributed by atoms with Crippen LogP contribution in [0.3, 0.4) is 0 Å². The Balaban J connectivity index is 1.87. The van der Waals surface area contributed by atoms with E-state index in [1.807, 2.05) is 42.3 Å². The Morgan fingerprint density at radius 2 is 1.69 bits per heavy atom. The summed E-state index contributed by atoms with van der Waals surface area (Å²) in [5, 5.41) is 13.1. The summed E-state index contributed by atoms with van der Waals surface area (Å²) in [6.07, 6.45) is -0.929. The fourth-order valence-corrected chi connectivity index (χ4v) is 4.26. The van der Waals surface area contributed by atoms with E-state index >= 15 is 0 Å². The van der Waals surface area contributed by atoms with Crippen molar-refractivity contribution in [1.29, 1.82) is 0 Å². The van der Waals surface area contributed by atoms with E-state index in [2.05, 4.69) is 0 Å². The standard InChI is InChI=1S/C22H21NO6/c1-23-20-12(6-5-11-7-14(25-2)15(26-3)8-13(11)20)18-16(27-4)9-17-21(29-10-28-17)19(18)22(23)24/h5-9,22,24H,10H2,1-4H3. The molecule has 0 saturated heterocycles. The Labute approximate surface area is 167 Å². The molecule has 2 heterocycles. The highest BCUT2D eigenvalue weighted by atomic mass is 16.7. The molecule has 7 heteroatoms. The van der Waals surface area contributed by atoms with Gasteiger partial charge in [-0.15, -0.1) is 0 Å². The number of hydrogen-bond donors (Lipinski definition) is 1. The van der Waals surface area contributed by atoms with Crippen molar-refractivity contribution in [2.75, 3.05) is 40.1 Å². The number of rotatable bonds is 3. The fraction of sp³-hybridized carbons (Fsp3) is 0.273. The molecule has 0 fully saturated rings. The summed E-state index contributed by atoms with van der Waals surface area (Å²) in [6.45, 7) is 0.118. The summed E-state index contributed by atoms with van der Waals surface area (Å²) in [5.41, 5.74) is 3.25. The van der Waals surface area contributed by atoms with Crippen LogP contribution in [0.1, 0.15) is 11.8 Å². The summed E-state index contributed by atoms with van der Waals surface area (Å²) in [7, 11) is 6.68. The van der Waals surface area contributed by atoms with Gasteiger partial charge in [0, 0.05) is 29.6 Å². The molecule has 0 amide bonds. The smallest absolute Gasteiger partial charge is 0.231 e. The molecule has 1 unspecified atom stereocenters. The maximum absolute atomic E-state index is 11.2. The Morgan fingerprint density at radius 1 is 0.966 bits per heavy atom. The molecule has 1 atom stereocenters. The van der Waals surface area contributed by atoms with Crippen molar-refractivity contribution in [3.05, 3.63) is 35.9 Å². The van der Waals surface area contributed by atoms with Crippen LogP contribution in [0.15, 0.2) is 30.3 Å². The van der Waals surface area contributed by atoms with Gasteiger partial charge in [0.2, 0.25) is 6.79 Å². The van der Waals surface area contributed by atoms with Gasteiger partial charge in [-0.2, -0.15) is 0 Å². The number of ether oxygens (including phenoxy) is 5. The molecule has 1 N–H and O–H groups in total. The molecule has 5 rings (SSSR count). The highest BCUT2D eigenvalue weighted by Crippen LogP contribution is 2.56. The minimum absolute atomic E-state index is 0.118. The van der Waals surface area contributed by atoms with Crippen LogP contribution in [-0.2, 0) is 0 Å². The first-order chi connectivity index (χ1) is 14.1. The lowest BCUT2D eigenvalue weighted by Crippen LogP contribution is -2.28. The average Bonchev–Trinajstić information content (AvgIpc) is 3.22. The zero-order valence-electron chi connectivity index (χ0n) is 16.6. The average molecular weight is 395 g/mol. The molecule has 0 aromatic heterocycles. The SMILES string of the molecule is COc1cc2ccc3c(c2cc1OC)N(C)C(O)c1c2c(cc(OC)c1-3)OCO2. The van der Waals surface area contributed by atoms with Crippen molar-refractivity contribution in [1.82, 2.24) is 0 Å². The molecule has 0 radical (unpaired) electrons. The highest BCUT2D eigenvalue weighted by Gasteiger charge is 2.37. The second kappa shape index (κ2) is 6.35. The van der Waals surface area contributed by atoms with Crippen LogP contribution in [0.2, 0.25) is 0 Å². The minimum atomic E-state index is -0.929. The second-order valence-corrected chi connectivity index (χ2v) is 6.98. The zero-order valence-corrected chi connectivity index (χ0v) is 16.6. The largest absolute Gasteiger partial charge is 0.496 e. The van der Waals surface area contributed by atoms with Gasteiger partial charge in [0.1, 0.15) is 5.75 Å². The molecule has 150 valence electrons. The lowest BCUT2D eigenvalue weighted by Gasteiger charge is -2.36. The lowest BCUT2D eigenvalue weighted by molar-refractivity contribution is 0.157. The number of aliphatic hydroxyl groups excluding tert-OH is 1. The van der Waals surface area contributed by atoms with Gasteiger partial charge >= 0.3 is 0 Å². The van der Waals surface area contributed by atoms with E-state index in [0.717, 1.165) is 27.6 Å². The molecule has 3 aromatic carbocycles. The van der Waals surface area contributed by atoms with Crippen LogP contribution in [0, 0.1) is 0 Å². The Hall–Kier alpha value is -3.32. The summed E-state index contributed by atoms with van der Waals surface area (Å²) in [6, 6.07) is 9.72. The number of fused-ring (bicyclic) bond motifs is 7. The van der Waals surface area contributed by atoms with Crippen LogP contribution in [0.4, 0.5) is 5.69 Å². The van der Waals surface area contributed by atoms with E-state index in [4.69, 9.17) is 23.7 Å². The minimum Gasteiger partial charge on any atom is -0.496 e. The van der Waals surface area contributed by atoms with E-state index < -0.39 is 6.23 Å². The summed E-state index contributed by atoms with van der Waals surface area (Å²) in [4.78, 5) is 1.83. The van der Waals surface area contributed by atoms with Crippen LogP contribution in [0.25, 0.3) is 21.9 Å². The third kappa shape index (κ3) is 2.34. The molecule has 7 nitrogen and oxygen atoms in total. The van der Waals surface area contributed by atoms with Crippen molar-refractivity contribution in [3.63, 3.8) is 0 Å². The quantitative estimate of drug-likeness (QED) is 0.725. The van der Waals surface area contributed by atoms with Gasteiger partial charge in [0.05, 0.1) is 32.6 Å². The first kappa shape index (κ1) is 17.8. The molecular weight excluding hydrogens is 374 g/mol. The van der Waals surface area contributed by atoms with E-state index in [1.54, 1.807) is 21.3 Å². The number of methoxy groups -OCH3 is 3. The van der Waals surface area contributed by atoms with E-state index in [9.17, 15) is 5.11 Å². The van der Waals surface area contributed by atoms with Gasteiger partial charge in [-0.1, -0.05) is 12.1 Å². The first-order valence-corrected chi connectivity index (χ1v) is 9.19. The molecule has 2 aliphatic heterocycles. The second-order valence-electron chi connectivity index (χ2n) is 6.98. The van der Waals surface area contributed by atoms with Crippen molar-refractivity contribution in [2.24, 2.45) is 0 Å². The molecule has 2 aliphatic rings. The Morgan fingerprint density at radius 3 is 2.41 bits per heavy atom. The molecule has 0 saturated carbocycles. The van der Waals surface area contributed by atoms with Crippen molar-refractivity contribution >= 4 is 16.5 Å². The number of benzene rings is 3. The van der Waals surface area contributed by atoms with Gasteiger partial charge < -0.3 is 33.7 Å². The topological polar surface area (TPSA) is 69.6 Å². The van der Waals surface area contributed by atoms with Crippen LogP contribution in [0.5, 0.6) is 28.7 Å². The summed E-state index contributed by atoms with van der Waals surface area (Å²) < 4.78 is 27.8. The number of aliphatic hydroxyl groups is 1. The van der Waals surface area contributed by atoms with E-state index in [0.29, 0.717) is 34.3 Å². The fourth-order valence-electron chi connectivity index (χ4n) is 4.26. The molecule has 0 bridgehead atoms. The monoisotopic (exact) mass is 395 g/mol. The molecule has 0 spiro atoms. The van der Waals surface area contributed by atoms with Gasteiger partial charge in [0.25, 0.3) is 0 Å². The molecule has 0 aliphatic carbocycles. The predicted molar refractivity (Wildman–Crippen MR) is 109 cm³/mol. The van der Waals surface area contributed by atoms with E-state index in [1.165, 1.54) is 0 Å². The van der Waals surface area contributed by atoms with Crippen molar-refractivity contribution in [2.45, 2.75) is 6.23 Å². The van der Waals surface area contributed by atoms with Crippen LogP contribution in [-0.4, -0.2) is 40.3 Å². The zero-order chi connectivity index (χ0) is 20.3. The van der Waals surface area contributed by atoms with Crippen molar-refractivity contribution in [3.8, 4) is 39.9 Å². The number of nitrogens with zero attached hydrogens (tertiary/aromatic N) is 1. The third-order valence-corrected chi connectivity index (χ3v) is 5.63. The van der Waals surface area contributed by atoms with Crippen LogP contribution >= 0.6 is 0 Å². The van der Waals surface area contributed by atoms with Crippen molar-refractivity contribution < 1.29 is 28.8 Å². The summed E-state index contributed by atoms with van der Waals surface area (Å²) >= 11 is 0.